The van der Waals surface area contributed by atoms with Crippen molar-refractivity contribution in [2.45, 2.75) is 33.2 Å². The van der Waals surface area contributed by atoms with Gasteiger partial charge in [0.1, 0.15) is 5.75 Å². The first-order valence-electron chi connectivity index (χ1n) is 12.9. The van der Waals surface area contributed by atoms with Crippen LogP contribution in [0.5, 0.6) is 5.75 Å². The number of urea groups is 1. The van der Waals surface area contributed by atoms with Gasteiger partial charge < -0.3 is 19.7 Å². The van der Waals surface area contributed by atoms with Gasteiger partial charge in [-0.25, -0.2) is 9.59 Å². The Balaban J connectivity index is 1.65. The fraction of sp³-hybridized carbons (Fsp3) is 0.290. The van der Waals surface area contributed by atoms with Crippen molar-refractivity contribution in [2.75, 3.05) is 25.6 Å². The van der Waals surface area contributed by atoms with Gasteiger partial charge in [-0.15, -0.1) is 0 Å². The van der Waals surface area contributed by atoms with Crippen LogP contribution in [0.1, 0.15) is 42.4 Å². The monoisotopic (exact) mass is 527 g/mol. The lowest BCUT2D eigenvalue weighted by Crippen LogP contribution is -2.59. The molecule has 1 N–H and O–H groups in total. The maximum Gasteiger partial charge on any atom is 0.338 e. The van der Waals surface area contributed by atoms with E-state index in [1.54, 1.807) is 55.5 Å². The second-order valence-corrected chi connectivity index (χ2v) is 9.90. The number of Topliss-reactive ketones (excluding diaryl/α,β-unsaturated/α-hetero) is 1. The van der Waals surface area contributed by atoms with E-state index in [4.69, 9.17) is 9.47 Å². The van der Waals surface area contributed by atoms with E-state index in [9.17, 15) is 14.4 Å². The van der Waals surface area contributed by atoms with E-state index in [1.807, 2.05) is 56.3 Å². The Kier molecular flexibility index (Phi) is 8.44. The van der Waals surface area contributed by atoms with E-state index in [-0.39, 0.29) is 25.0 Å². The summed E-state index contributed by atoms with van der Waals surface area (Å²) in [5.41, 5.74) is 2.20. The maximum atomic E-state index is 13.7. The molecule has 1 aliphatic rings. The van der Waals surface area contributed by atoms with Crippen LogP contribution in [0.2, 0.25) is 0 Å². The molecule has 0 bridgehead atoms. The van der Waals surface area contributed by atoms with Crippen LogP contribution in [0.3, 0.4) is 0 Å². The third-order valence-electron chi connectivity index (χ3n) is 6.93. The molecule has 8 nitrogen and oxygen atoms in total. The first-order valence-corrected chi connectivity index (χ1v) is 12.9. The molecule has 0 aliphatic carbocycles. The zero-order valence-corrected chi connectivity index (χ0v) is 22.6. The molecule has 1 aliphatic heterocycles. The van der Waals surface area contributed by atoms with Crippen LogP contribution in [-0.2, 0) is 16.0 Å². The Hall–Kier alpha value is -4.46. The van der Waals surface area contributed by atoms with Gasteiger partial charge in [-0.2, -0.15) is 0 Å². The normalized spacial score (nSPS) is 17.5. The van der Waals surface area contributed by atoms with Crippen molar-refractivity contribution < 1.29 is 23.9 Å². The zero-order chi connectivity index (χ0) is 28.0. The third kappa shape index (κ3) is 6.34. The molecule has 1 saturated heterocycles. The highest BCUT2D eigenvalue weighted by atomic mass is 16.5. The first-order chi connectivity index (χ1) is 18.7. The molecular formula is C31H33N3O5. The molecule has 0 radical (unpaired) electrons. The minimum absolute atomic E-state index is 0.0190. The fourth-order valence-electron chi connectivity index (χ4n) is 4.73. The largest absolute Gasteiger partial charge is 0.497 e. The number of methoxy groups -OCH3 is 1. The van der Waals surface area contributed by atoms with Gasteiger partial charge in [0.25, 0.3) is 0 Å². The Morgan fingerprint density at radius 2 is 1.79 bits per heavy atom. The summed E-state index contributed by atoms with van der Waals surface area (Å²) in [4.78, 5) is 45.5. The van der Waals surface area contributed by atoms with Gasteiger partial charge in [0.2, 0.25) is 0 Å². The molecule has 202 valence electrons. The highest BCUT2D eigenvalue weighted by Crippen LogP contribution is 2.38. The Bertz CT molecular complexity index is 1350. The highest BCUT2D eigenvalue weighted by Gasteiger charge is 2.47. The molecular weight excluding hydrogens is 494 g/mol. The molecule has 8 heteroatoms. The smallest absolute Gasteiger partial charge is 0.338 e. The summed E-state index contributed by atoms with van der Waals surface area (Å²) in [6.45, 7) is 5.92. The predicted molar refractivity (Wildman–Crippen MR) is 150 cm³/mol. The summed E-state index contributed by atoms with van der Waals surface area (Å²) in [5, 5.41) is 2.94. The Morgan fingerprint density at radius 1 is 1.08 bits per heavy atom. The molecule has 2 heterocycles. The van der Waals surface area contributed by atoms with Crippen molar-refractivity contribution >= 4 is 29.5 Å². The number of hydrogen-bond donors (Lipinski definition) is 1. The van der Waals surface area contributed by atoms with Gasteiger partial charge in [-0.1, -0.05) is 32.0 Å². The molecule has 1 atom stereocenters. The average molecular weight is 528 g/mol. The number of likely N-dealkylation sites (tertiary alicyclic amines) is 1. The number of amides is 2. The van der Waals surface area contributed by atoms with Crippen molar-refractivity contribution in [3.8, 4) is 5.75 Å². The Morgan fingerprint density at radius 3 is 2.41 bits per heavy atom. The van der Waals surface area contributed by atoms with Crippen molar-refractivity contribution in [3.05, 3.63) is 95.3 Å². The minimum atomic E-state index is -0.871. The van der Waals surface area contributed by atoms with Gasteiger partial charge in [-0.3, -0.25) is 9.78 Å². The second-order valence-electron chi connectivity index (χ2n) is 9.90. The number of ether oxygens (including phenoxy) is 2. The van der Waals surface area contributed by atoms with E-state index >= 15 is 0 Å². The molecule has 4 rings (SSSR count). The lowest BCUT2D eigenvalue weighted by atomic mass is 9.71. The number of anilines is 1. The van der Waals surface area contributed by atoms with Crippen LogP contribution in [0.15, 0.2) is 78.5 Å². The molecule has 0 saturated carbocycles. The summed E-state index contributed by atoms with van der Waals surface area (Å²) < 4.78 is 10.3. The number of ketones is 1. The highest BCUT2D eigenvalue weighted by molar-refractivity contribution is 6.06. The minimum Gasteiger partial charge on any atom is -0.497 e. The first kappa shape index (κ1) is 27.6. The number of rotatable bonds is 7. The lowest BCUT2D eigenvalue weighted by Gasteiger charge is -2.46. The van der Waals surface area contributed by atoms with Gasteiger partial charge in [0.15, 0.2) is 5.78 Å². The molecule has 1 aromatic heterocycles. The van der Waals surface area contributed by atoms with Crippen molar-refractivity contribution in [1.29, 1.82) is 0 Å². The number of piperidine rings is 1. The van der Waals surface area contributed by atoms with Gasteiger partial charge >= 0.3 is 12.0 Å². The second kappa shape index (κ2) is 11.9. The summed E-state index contributed by atoms with van der Waals surface area (Å²) in [7, 11) is 1.61. The molecule has 2 amide bonds. The van der Waals surface area contributed by atoms with Crippen LogP contribution < -0.4 is 10.1 Å². The molecule has 1 fully saturated rings. The number of aromatic nitrogens is 1. The van der Waals surface area contributed by atoms with E-state index in [0.29, 0.717) is 28.9 Å². The summed E-state index contributed by atoms with van der Waals surface area (Å²) in [6.07, 6.45) is 3.90. The van der Waals surface area contributed by atoms with Crippen molar-refractivity contribution in [1.82, 2.24) is 9.88 Å². The van der Waals surface area contributed by atoms with Gasteiger partial charge in [-0.05, 0) is 73.5 Å². The third-order valence-corrected chi connectivity index (χ3v) is 6.93. The quantitative estimate of drug-likeness (QED) is 0.326. The fourth-order valence-corrected chi connectivity index (χ4v) is 4.73. The number of nitrogens with zero attached hydrogens (tertiary/aromatic N) is 2. The summed E-state index contributed by atoms with van der Waals surface area (Å²) in [5.74, 6) is 0.296. The standard InChI is InChI=1S/C31H33N3O5/c1-5-39-29(36)22-11-13-24(14-12-22)33-30(37)34-20-23(19-25-8-6-7-17-32-25)28(35)31(2,3)27(34)18-21-9-15-26(38-4)16-10-21/h6-17,19,27H,5,18,20H2,1-4H3,(H,33,37)/b23-19+. The van der Waals surface area contributed by atoms with Crippen molar-refractivity contribution in [3.63, 3.8) is 0 Å². The average Bonchev–Trinajstić information content (AvgIpc) is 2.94. The van der Waals surface area contributed by atoms with E-state index in [1.165, 1.54) is 0 Å². The predicted octanol–water partition coefficient (Wildman–Crippen LogP) is 5.40. The number of nitrogens with one attached hydrogen (secondary N) is 1. The topological polar surface area (TPSA) is 97.8 Å². The van der Waals surface area contributed by atoms with Crippen LogP contribution in [0, 0.1) is 5.41 Å². The SMILES string of the molecule is CCOC(=O)c1ccc(NC(=O)N2C/C(=C\c3ccccn3)C(=O)C(C)(C)C2Cc2ccc(OC)cc2)cc1. The van der Waals surface area contributed by atoms with E-state index in [2.05, 4.69) is 10.3 Å². The number of esters is 1. The maximum absolute atomic E-state index is 13.7. The molecule has 3 aromatic rings. The van der Waals surface area contributed by atoms with Crippen LogP contribution >= 0.6 is 0 Å². The van der Waals surface area contributed by atoms with Crippen LogP contribution in [0.25, 0.3) is 6.08 Å². The summed E-state index contributed by atoms with van der Waals surface area (Å²) >= 11 is 0. The zero-order valence-electron chi connectivity index (χ0n) is 22.6. The number of hydrogen-bond acceptors (Lipinski definition) is 6. The number of pyridine rings is 1. The van der Waals surface area contributed by atoms with Crippen LogP contribution in [-0.4, -0.2) is 54.0 Å². The number of benzene rings is 2. The summed E-state index contributed by atoms with van der Waals surface area (Å²) in [6, 6.07) is 18.9. The number of carbonyl (C=O) groups excluding carboxylic acids is 3. The molecule has 2 aromatic carbocycles. The van der Waals surface area contributed by atoms with E-state index < -0.39 is 17.4 Å². The van der Waals surface area contributed by atoms with E-state index in [0.717, 1.165) is 11.3 Å². The van der Waals surface area contributed by atoms with Crippen LogP contribution in [0.4, 0.5) is 10.5 Å². The molecule has 39 heavy (non-hydrogen) atoms. The lowest BCUT2D eigenvalue weighted by molar-refractivity contribution is -0.128. The van der Waals surface area contributed by atoms with Gasteiger partial charge in [0, 0.05) is 22.9 Å². The Labute approximate surface area is 228 Å². The van der Waals surface area contributed by atoms with Gasteiger partial charge in [0.05, 0.1) is 37.6 Å². The molecule has 1 unspecified atom stereocenters. The number of carbonyl (C=O) groups is 3. The van der Waals surface area contributed by atoms with Crippen molar-refractivity contribution in [2.24, 2.45) is 5.41 Å². The molecule has 0 spiro atoms.